The highest BCUT2D eigenvalue weighted by atomic mass is 16.1. The van der Waals surface area contributed by atoms with E-state index >= 15 is 0 Å². The molecule has 14 heavy (non-hydrogen) atoms. The monoisotopic (exact) mass is 188 g/mol. The lowest BCUT2D eigenvalue weighted by Gasteiger charge is -2.07. The van der Waals surface area contributed by atoms with Crippen LogP contribution in [0.5, 0.6) is 0 Å². The maximum absolute atomic E-state index is 11.5. The fourth-order valence-corrected chi connectivity index (χ4v) is 1.64. The van der Waals surface area contributed by atoms with Crippen molar-refractivity contribution in [2.75, 3.05) is 0 Å². The molecule has 3 heteroatoms. The first-order valence-electron chi connectivity index (χ1n) is 4.55. The van der Waals surface area contributed by atoms with Gasteiger partial charge in [0.2, 0.25) is 0 Å². The lowest BCUT2D eigenvalue weighted by atomic mass is 10.0. The van der Waals surface area contributed by atoms with Gasteiger partial charge in [-0.05, 0) is 43.5 Å². The molecule has 1 aromatic carbocycles. The Bertz CT molecular complexity index is 555. The van der Waals surface area contributed by atoms with E-state index in [9.17, 15) is 4.79 Å². The third-order valence-corrected chi connectivity index (χ3v) is 2.76. The van der Waals surface area contributed by atoms with Gasteiger partial charge in [0.1, 0.15) is 0 Å². The molecule has 0 atom stereocenters. The molecule has 0 spiro atoms. The van der Waals surface area contributed by atoms with Gasteiger partial charge < -0.3 is 4.98 Å². The lowest BCUT2D eigenvalue weighted by Crippen LogP contribution is -2.08. The smallest absolute Gasteiger partial charge is 0.258 e. The highest BCUT2D eigenvalue weighted by Gasteiger charge is 2.06. The van der Waals surface area contributed by atoms with E-state index in [1.54, 1.807) is 0 Å². The Morgan fingerprint density at radius 3 is 2.64 bits per heavy atom. The first-order valence-corrected chi connectivity index (χ1v) is 4.55. The summed E-state index contributed by atoms with van der Waals surface area (Å²) in [6.07, 6.45) is 1.45. The Kier molecular flexibility index (Phi) is 1.88. The molecular weight excluding hydrogens is 176 g/mol. The minimum atomic E-state index is -0.0683. The molecule has 0 saturated carbocycles. The summed E-state index contributed by atoms with van der Waals surface area (Å²) in [5, 5.41) is 0.674. The van der Waals surface area contributed by atoms with Crippen molar-refractivity contribution in [2.45, 2.75) is 20.8 Å². The van der Waals surface area contributed by atoms with Gasteiger partial charge in [-0.1, -0.05) is 0 Å². The summed E-state index contributed by atoms with van der Waals surface area (Å²) >= 11 is 0. The summed E-state index contributed by atoms with van der Waals surface area (Å²) < 4.78 is 0. The highest BCUT2D eigenvalue weighted by Crippen LogP contribution is 2.19. The van der Waals surface area contributed by atoms with Gasteiger partial charge >= 0.3 is 0 Å². The average Bonchev–Trinajstić information content (AvgIpc) is 2.17. The summed E-state index contributed by atoms with van der Waals surface area (Å²) in [5.41, 5.74) is 4.16. The Morgan fingerprint density at radius 2 is 1.93 bits per heavy atom. The van der Waals surface area contributed by atoms with E-state index < -0.39 is 0 Å². The van der Waals surface area contributed by atoms with Gasteiger partial charge in [-0.15, -0.1) is 0 Å². The van der Waals surface area contributed by atoms with Crippen LogP contribution in [-0.4, -0.2) is 9.97 Å². The molecule has 0 aliphatic rings. The van der Waals surface area contributed by atoms with Gasteiger partial charge in [0, 0.05) is 0 Å². The second-order valence-corrected chi connectivity index (χ2v) is 3.57. The number of hydrogen-bond acceptors (Lipinski definition) is 2. The van der Waals surface area contributed by atoms with E-state index in [1.807, 2.05) is 26.8 Å². The molecule has 1 N–H and O–H groups in total. The minimum Gasteiger partial charge on any atom is -0.313 e. The SMILES string of the molecule is Cc1cc2c(=O)[nH]cnc2c(C)c1C. The quantitative estimate of drug-likeness (QED) is 0.685. The van der Waals surface area contributed by atoms with Crippen molar-refractivity contribution in [3.05, 3.63) is 39.4 Å². The van der Waals surface area contributed by atoms with E-state index in [0.29, 0.717) is 5.39 Å². The first-order chi connectivity index (χ1) is 6.61. The van der Waals surface area contributed by atoms with Gasteiger partial charge in [-0.25, -0.2) is 4.98 Å². The van der Waals surface area contributed by atoms with Crippen LogP contribution in [0.25, 0.3) is 10.9 Å². The number of aromatic nitrogens is 2. The molecule has 0 saturated heterocycles. The van der Waals surface area contributed by atoms with Crippen molar-refractivity contribution in [2.24, 2.45) is 0 Å². The maximum atomic E-state index is 11.5. The molecule has 1 heterocycles. The molecule has 0 aliphatic heterocycles. The molecular formula is C11H12N2O. The van der Waals surface area contributed by atoms with Crippen molar-refractivity contribution < 1.29 is 0 Å². The number of nitrogens with one attached hydrogen (secondary N) is 1. The molecule has 0 radical (unpaired) electrons. The molecule has 0 bridgehead atoms. The number of rotatable bonds is 0. The van der Waals surface area contributed by atoms with E-state index in [-0.39, 0.29) is 5.56 Å². The number of aromatic amines is 1. The Labute approximate surface area is 81.8 Å². The normalized spacial score (nSPS) is 10.8. The second kappa shape index (κ2) is 2.94. The predicted octanol–water partition coefficient (Wildman–Crippen LogP) is 1.85. The van der Waals surface area contributed by atoms with Crippen LogP contribution in [0, 0.1) is 20.8 Å². The molecule has 0 unspecified atom stereocenters. The van der Waals surface area contributed by atoms with Crippen molar-refractivity contribution in [1.82, 2.24) is 9.97 Å². The van der Waals surface area contributed by atoms with Crippen LogP contribution < -0.4 is 5.56 Å². The minimum absolute atomic E-state index is 0.0683. The number of nitrogens with zero attached hydrogens (tertiary/aromatic N) is 1. The summed E-state index contributed by atoms with van der Waals surface area (Å²) in [6.45, 7) is 6.05. The predicted molar refractivity (Wildman–Crippen MR) is 56.6 cm³/mol. The average molecular weight is 188 g/mol. The molecule has 1 aromatic heterocycles. The topological polar surface area (TPSA) is 45.8 Å². The first kappa shape index (κ1) is 8.94. The number of H-pyrrole nitrogens is 1. The molecule has 0 fully saturated rings. The van der Waals surface area contributed by atoms with Crippen molar-refractivity contribution >= 4 is 10.9 Å². The highest BCUT2D eigenvalue weighted by molar-refractivity contribution is 5.82. The van der Waals surface area contributed by atoms with Crippen LogP contribution in [-0.2, 0) is 0 Å². The van der Waals surface area contributed by atoms with Gasteiger partial charge in [0.25, 0.3) is 5.56 Å². The lowest BCUT2D eigenvalue weighted by molar-refractivity contribution is 1.15. The Morgan fingerprint density at radius 1 is 1.21 bits per heavy atom. The van der Waals surface area contributed by atoms with Crippen LogP contribution in [0.1, 0.15) is 16.7 Å². The molecule has 0 amide bonds. The zero-order valence-corrected chi connectivity index (χ0v) is 8.51. The van der Waals surface area contributed by atoms with Crippen molar-refractivity contribution in [3.8, 4) is 0 Å². The maximum Gasteiger partial charge on any atom is 0.258 e. The van der Waals surface area contributed by atoms with Gasteiger partial charge in [0.15, 0.2) is 0 Å². The standard InChI is InChI=1S/C11H12N2O/c1-6-4-9-10(8(3)7(6)2)12-5-13-11(9)14/h4-5H,1-3H3,(H,12,13,14). The van der Waals surface area contributed by atoms with Gasteiger partial charge in [-0.3, -0.25) is 4.79 Å². The molecule has 0 aliphatic carbocycles. The van der Waals surface area contributed by atoms with Crippen molar-refractivity contribution in [3.63, 3.8) is 0 Å². The fourth-order valence-electron chi connectivity index (χ4n) is 1.64. The van der Waals surface area contributed by atoms with Crippen LogP contribution in [0.3, 0.4) is 0 Å². The van der Waals surface area contributed by atoms with Crippen molar-refractivity contribution in [1.29, 1.82) is 0 Å². The summed E-state index contributed by atoms with van der Waals surface area (Å²) in [6, 6.07) is 1.89. The van der Waals surface area contributed by atoms with Gasteiger partial charge in [0.05, 0.1) is 17.2 Å². The number of aryl methyl sites for hydroxylation is 2. The van der Waals surface area contributed by atoms with E-state index in [2.05, 4.69) is 9.97 Å². The largest absolute Gasteiger partial charge is 0.313 e. The van der Waals surface area contributed by atoms with Gasteiger partial charge in [-0.2, -0.15) is 0 Å². The van der Waals surface area contributed by atoms with E-state index in [0.717, 1.165) is 16.6 Å². The number of benzene rings is 1. The molecule has 2 aromatic rings. The molecule has 72 valence electrons. The third-order valence-electron chi connectivity index (χ3n) is 2.76. The number of hydrogen-bond donors (Lipinski definition) is 1. The third kappa shape index (κ3) is 1.13. The molecule has 3 nitrogen and oxygen atoms in total. The van der Waals surface area contributed by atoms with E-state index in [4.69, 9.17) is 0 Å². The Hall–Kier alpha value is -1.64. The fraction of sp³-hybridized carbons (Fsp3) is 0.273. The second-order valence-electron chi connectivity index (χ2n) is 3.57. The van der Waals surface area contributed by atoms with Crippen LogP contribution >= 0.6 is 0 Å². The summed E-state index contributed by atoms with van der Waals surface area (Å²) in [4.78, 5) is 18.3. The zero-order valence-electron chi connectivity index (χ0n) is 8.51. The number of fused-ring (bicyclic) bond motifs is 1. The van der Waals surface area contributed by atoms with Crippen LogP contribution in [0.15, 0.2) is 17.2 Å². The Balaban J connectivity index is 3.06. The molecule has 2 rings (SSSR count). The van der Waals surface area contributed by atoms with E-state index in [1.165, 1.54) is 11.9 Å². The van der Waals surface area contributed by atoms with Crippen LogP contribution in [0.2, 0.25) is 0 Å². The van der Waals surface area contributed by atoms with Crippen LogP contribution in [0.4, 0.5) is 0 Å². The summed E-state index contributed by atoms with van der Waals surface area (Å²) in [7, 11) is 0. The summed E-state index contributed by atoms with van der Waals surface area (Å²) in [5.74, 6) is 0. The zero-order chi connectivity index (χ0) is 10.3.